The van der Waals surface area contributed by atoms with Crippen LogP contribution in [0.1, 0.15) is 19.3 Å². The van der Waals surface area contributed by atoms with Crippen molar-refractivity contribution in [1.29, 1.82) is 0 Å². The highest BCUT2D eigenvalue weighted by Gasteiger charge is 1.94. The average molecular weight is 129 g/mol. The first-order valence-electron chi connectivity index (χ1n) is 3.78. The Morgan fingerprint density at radius 1 is 0.889 bits per heavy atom. The molecule has 0 amide bonds. The number of epoxide rings is 1. The van der Waals surface area contributed by atoms with E-state index in [4.69, 9.17) is 0 Å². The van der Waals surface area contributed by atoms with E-state index >= 15 is 0 Å². The second kappa shape index (κ2) is 4.77. The van der Waals surface area contributed by atoms with Crippen molar-refractivity contribution in [2.24, 2.45) is 0 Å². The number of nitrogens with one attached hydrogen (secondary N) is 1. The highest BCUT2D eigenvalue weighted by atomic mass is 16.6. The molecule has 0 saturated carbocycles. The molecule has 2 fully saturated rings. The summed E-state index contributed by atoms with van der Waals surface area (Å²) in [7, 11) is 0. The topological polar surface area (TPSA) is 24.6 Å². The molecule has 2 aliphatic rings. The predicted octanol–water partition coefficient (Wildman–Crippen LogP) is 0.776. The fraction of sp³-hybridized carbons (Fsp3) is 1.00. The van der Waals surface area contributed by atoms with Crippen molar-refractivity contribution in [2.75, 3.05) is 26.3 Å². The lowest BCUT2D eigenvalue weighted by Gasteiger charge is -2.08. The lowest BCUT2D eigenvalue weighted by atomic mass is 10.2. The van der Waals surface area contributed by atoms with E-state index in [1.807, 2.05) is 0 Å². The second-order valence-electron chi connectivity index (χ2n) is 2.42. The Kier molecular flexibility index (Phi) is 3.72. The molecule has 9 heavy (non-hydrogen) atoms. The fourth-order valence-electron chi connectivity index (χ4n) is 0.802. The lowest BCUT2D eigenvalue weighted by Crippen LogP contribution is -2.21. The van der Waals surface area contributed by atoms with Gasteiger partial charge in [-0.1, -0.05) is 6.42 Å². The van der Waals surface area contributed by atoms with E-state index < -0.39 is 0 Å². The fourth-order valence-corrected chi connectivity index (χ4v) is 0.802. The Morgan fingerprint density at radius 3 is 1.56 bits per heavy atom. The third-order valence-electron chi connectivity index (χ3n) is 1.41. The van der Waals surface area contributed by atoms with Crippen LogP contribution in [0, 0.1) is 0 Å². The van der Waals surface area contributed by atoms with Crippen LogP contribution >= 0.6 is 0 Å². The minimum Gasteiger partial charge on any atom is -0.377 e. The molecular weight excluding hydrogens is 114 g/mol. The first-order chi connectivity index (χ1) is 4.50. The van der Waals surface area contributed by atoms with Crippen molar-refractivity contribution in [3.63, 3.8) is 0 Å². The maximum Gasteiger partial charge on any atom is 0.0701 e. The van der Waals surface area contributed by atoms with Gasteiger partial charge in [-0.3, -0.25) is 0 Å². The van der Waals surface area contributed by atoms with Gasteiger partial charge in [0.25, 0.3) is 0 Å². The lowest BCUT2D eigenvalue weighted by molar-refractivity contribution is 0.475. The summed E-state index contributed by atoms with van der Waals surface area (Å²) < 4.78 is 4.50. The third kappa shape index (κ3) is 5.80. The van der Waals surface area contributed by atoms with Crippen molar-refractivity contribution < 1.29 is 4.74 Å². The standard InChI is InChI=1S/C5H11N.C2H4O/c1-2-4-6-5-3-1;1-2-3-1/h6H,1-5H2;1-2H2. The van der Waals surface area contributed by atoms with Gasteiger partial charge in [0, 0.05) is 0 Å². The van der Waals surface area contributed by atoms with Crippen LogP contribution in [0.4, 0.5) is 0 Å². The monoisotopic (exact) mass is 129 g/mol. The molecule has 2 aliphatic heterocycles. The molecule has 1 N–H and O–H groups in total. The van der Waals surface area contributed by atoms with Crippen LogP contribution in [0.2, 0.25) is 0 Å². The zero-order chi connectivity index (χ0) is 6.36. The largest absolute Gasteiger partial charge is 0.377 e. The third-order valence-corrected chi connectivity index (χ3v) is 1.41. The highest BCUT2D eigenvalue weighted by molar-refractivity contribution is 4.55. The predicted molar refractivity (Wildman–Crippen MR) is 37.5 cm³/mol. The zero-order valence-corrected chi connectivity index (χ0v) is 5.86. The van der Waals surface area contributed by atoms with Crippen molar-refractivity contribution >= 4 is 0 Å². The Bertz CT molecular complexity index is 45.7. The average Bonchev–Trinajstić information content (AvgIpc) is 2.76. The van der Waals surface area contributed by atoms with Gasteiger partial charge in [0.05, 0.1) is 13.2 Å². The van der Waals surface area contributed by atoms with Gasteiger partial charge in [-0.05, 0) is 25.9 Å². The summed E-state index contributed by atoms with van der Waals surface area (Å²) >= 11 is 0. The quantitative estimate of drug-likeness (QED) is 0.489. The smallest absolute Gasteiger partial charge is 0.0701 e. The normalized spacial score (nSPS) is 24.0. The van der Waals surface area contributed by atoms with Crippen molar-refractivity contribution in [1.82, 2.24) is 5.32 Å². The SMILES string of the molecule is C1CCNCC1.C1CO1. The maximum absolute atomic E-state index is 4.50. The molecule has 0 unspecified atom stereocenters. The first-order valence-corrected chi connectivity index (χ1v) is 3.78. The van der Waals surface area contributed by atoms with Gasteiger partial charge in [-0.25, -0.2) is 0 Å². The van der Waals surface area contributed by atoms with Gasteiger partial charge in [0.2, 0.25) is 0 Å². The van der Waals surface area contributed by atoms with Crippen LogP contribution in [0.25, 0.3) is 0 Å². The molecule has 54 valence electrons. The van der Waals surface area contributed by atoms with Crippen LogP contribution in [0.5, 0.6) is 0 Å². The molecule has 2 saturated heterocycles. The summed E-state index contributed by atoms with van der Waals surface area (Å²) in [5, 5.41) is 3.28. The van der Waals surface area contributed by atoms with Crippen molar-refractivity contribution in [3.05, 3.63) is 0 Å². The maximum atomic E-state index is 4.50. The summed E-state index contributed by atoms with van der Waals surface area (Å²) in [5.74, 6) is 0. The molecule has 0 spiro atoms. The van der Waals surface area contributed by atoms with Gasteiger partial charge < -0.3 is 10.1 Å². The van der Waals surface area contributed by atoms with Gasteiger partial charge in [0.1, 0.15) is 0 Å². The molecule has 2 nitrogen and oxygen atoms in total. The van der Waals surface area contributed by atoms with Crippen molar-refractivity contribution in [2.45, 2.75) is 19.3 Å². The zero-order valence-electron chi connectivity index (χ0n) is 5.86. The molecule has 0 atom stereocenters. The number of piperidine rings is 1. The van der Waals surface area contributed by atoms with E-state index in [0.29, 0.717) is 0 Å². The van der Waals surface area contributed by atoms with Crippen LogP contribution in [0.3, 0.4) is 0 Å². The molecule has 0 aromatic carbocycles. The summed E-state index contributed by atoms with van der Waals surface area (Å²) in [6.07, 6.45) is 4.22. The highest BCUT2D eigenvalue weighted by Crippen LogP contribution is 1.96. The van der Waals surface area contributed by atoms with Crippen LogP contribution in [0.15, 0.2) is 0 Å². The van der Waals surface area contributed by atoms with E-state index in [1.165, 1.54) is 32.4 Å². The van der Waals surface area contributed by atoms with Crippen LogP contribution < -0.4 is 5.32 Å². The summed E-state index contributed by atoms with van der Waals surface area (Å²) in [4.78, 5) is 0. The second-order valence-corrected chi connectivity index (χ2v) is 2.42. The van der Waals surface area contributed by atoms with E-state index in [0.717, 1.165) is 13.2 Å². The molecule has 0 aliphatic carbocycles. The van der Waals surface area contributed by atoms with Gasteiger partial charge in [-0.2, -0.15) is 0 Å². The van der Waals surface area contributed by atoms with E-state index in [2.05, 4.69) is 10.1 Å². The van der Waals surface area contributed by atoms with Crippen LogP contribution in [-0.2, 0) is 4.74 Å². The summed E-state index contributed by atoms with van der Waals surface area (Å²) in [6.45, 7) is 4.50. The minimum atomic E-state index is 1.00. The number of rotatable bonds is 0. The minimum absolute atomic E-state index is 1.00. The summed E-state index contributed by atoms with van der Waals surface area (Å²) in [6, 6.07) is 0. The van der Waals surface area contributed by atoms with Crippen LogP contribution in [-0.4, -0.2) is 26.3 Å². The summed E-state index contributed by atoms with van der Waals surface area (Å²) in [5.41, 5.74) is 0. The Hall–Kier alpha value is -0.0800. The van der Waals surface area contributed by atoms with E-state index in [9.17, 15) is 0 Å². The molecule has 0 radical (unpaired) electrons. The molecular formula is C7H15NO. The molecule has 2 heterocycles. The number of hydrogen-bond donors (Lipinski definition) is 1. The molecule has 0 aromatic rings. The van der Waals surface area contributed by atoms with Gasteiger partial charge >= 0.3 is 0 Å². The van der Waals surface area contributed by atoms with E-state index in [1.54, 1.807) is 0 Å². The Morgan fingerprint density at radius 2 is 1.44 bits per heavy atom. The molecule has 2 heteroatoms. The van der Waals surface area contributed by atoms with Crippen molar-refractivity contribution in [3.8, 4) is 0 Å². The molecule has 0 aromatic heterocycles. The molecule has 0 bridgehead atoms. The molecule has 2 rings (SSSR count). The first kappa shape index (κ1) is 7.03. The van der Waals surface area contributed by atoms with Gasteiger partial charge in [0.15, 0.2) is 0 Å². The Balaban J connectivity index is 0.000000112. The Labute approximate surface area is 56.6 Å². The van der Waals surface area contributed by atoms with Gasteiger partial charge in [-0.15, -0.1) is 0 Å². The number of ether oxygens (including phenoxy) is 1. The van der Waals surface area contributed by atoms with E-state index in [-0.39, 0.29) is 0 Å². The number of hydrogen-bond acceptors (Lipinski definition) is 2.